The van der Waals surface area contributed by atoms with Crippen LogP contribution in [0.25, 0.3) is 0 Å². The topological polar surface area (TPSA) is 54.0 Å². The van der Waals surface area contributed by atoms with Gasteiger partial charge < -0.3 is 18.9 Å². The first-order chi connectivity index (χ1) is 6.22. The molecule has 0 spiro atoms. The number of carbonyl (C=O) groups excluding carboxylic acids is 1. The molecule has 0 N–H and O–H groups in total. The molecule has 0 unspecified atom stereocenters. The molecule has 0 amide bonds. The minimum absolute atomic E-state index is 0.183. The van der Waals surface area contributed by atoms with Crippen LogP contribution in [0.2, 0.25) is 0 Å². The molecule has 1 aliphatic heterocycles. The summed E-state index contributed by atoms with van der Waals surface area (Å²) in [6.07, 6.45) is 1.35. The lowest BCUT2D eigenvalue weighted by Crippen LogP contribution is -2.37. The van der Waals surface area contributed by atoms with Crippen molar-refractivity contribution >= 4 is 6.16 Å². The molecule has 5 heteroatoms. The van der Waals surface area contributed by atoms with Crippen LogP contribution in [0.3, 0.4) is 0 Å². The Hall–Kier alpha value is -1.07. The first kappa shape index (κ1) is 10.0. The Morgan fingerprint density at radius 1 is 1.54 bits per heavy atom. The summed E-state index contributed by atoms with van der Waals surface area (Å²) in [6, 6.07) is 0. The van der Waals surface area contributed by atoms with Gasteiger partial charge in [0.1, 0.15) is 0 Å². The van der Waals surface area contributed by atoms with Gasteiger partial charge in [-0.05, 0) is 13.8 Å². The fraction of sp³-hybridized carbons (Fsp3) is 0.625. The fourth-order valence-electron chi connectivity index (χ4n) is 0.790. The van der Waals surface area contributed by atoms with Gasteiger partial charge in [0.15, 0.2) is 12.6 Å². The highest BCUT2D eigenvalue weighted by Gasteiger charge is 2.23. The van der Waals surface area contributed by atoms with Crippen LogP contribution in [0.4, 0.5) is 4.79 Å². The van der Waals surface area contributed by atoms with Crippen LogP contribution in [-0.4, -0.2) is 25.3 Å². The van der Waals surface area contributed by atoms with E-state index in [-0.39, 0.29) is 6.29 Å². The predicted molar refractivity (Wildman–Crippen MR) is 42.7 cm³/mol. The summed E-state index contributed by atoms with van der Waals surface area (Å²) in [5.74, 6) is 0. The van der Waals surface area contributed by atoms with E-state index in [9.17, 15) is 4.79 Å². The molecule has 0 saturated carbocycles. The summed E-state index contributed by atoms with van der Waals surface area (Å²) in [5.41, 5.74) is 0. The van der Waals surface area contributed by atoms with E-state index in [4.69, 9.17) is 9.47 Å². The van der Waals surface area contributed by atoms with Gasteiger partial charge in [0.25, 0.3) is 0 Å². The highest BCUT2D eigenvalue weighted by molar-refractivity contribution is 5.60. The Morgan fingerprint density at radius 2 is 2.23 bits per heavy atom. The maximum atomic E-state index is 10.6. The van der Waals surface area contributed by atoms with Gasteiger partial charge in [-0.3, -0.25) is 0 Å². The second kappa shape index (κ2) is 4.84. The van der Waals surface area contributed by atoms with Crippen LogP contribution in [-0.2, 0) is 18.9 Å². The quantitative estimate of drug-likeness (QED) is 0.494. The molecule has 0 bridgehead atoms. The zero-order valence-corrected chi connectivity index (χ0v) is 7.56. The average molecular weight is 188 g/mol. The molecule has 0 aromatic carbocycles. The highest BCUT2D eigenvalue weighted by atomic mass is 16.9. The summed E-state index contributed by atoms with van der Waals surface area (Å²) in [5, 5.41) is 0. The van der Waals surface area contributed by atoms with Gasteiger partial charge in [-0.1, -0.05) is 0 Å². The average Bonchev–Trinajstić information content (AvgIpc) is 2.01. The summed E-state index contributed by atoms with van der Waals surface area (Å²) in [6.45, 7) is 3.77. The van der Waals surface area contributed by atoms with E-state index in [2.05, 4.69) is 9.47 Å². The smallest absolute Gasteiger partial charge is 0.434 e. The molecule has 0 aliphatic carbocycles. The lowest BCUT2D eigenvalue weighted by molar-refractivity contribution is -0.354. The van der Waals surface area contributed by atoms with Crippen molar-refractivity contribution in [3.63, 3.8) is 0 Å². The molecule has 74 valence electrons. The van der Waals surface area contributed by atoms with Crippen LogP contribution < -0.4 is 0 Å². The van der Waals surface area contributed by atoms with Crippen molar-refractivity contribution in [2.45, 2.75) is 26.4 Å². The molecule has 1 heterocycles. The van der Waals surface area contributed by atoms with E-state index >= 15 is 0 Å². The molecule has 1 saturated heterocycles. The number of hydrogen-bond donors (Lipinski definition) is 0. The zero-order chi connectivity index (χ0) is 9.68. The molecule has 1 aliphatic rings. The molecule has 5 nitrogen and oxygen atoms in total. The summed E-state index contributed by atoms with van der Waals surface area (Å²) >= 11 is 0. The SMILES string of the molecule is CCOC(=O)O/C=C/C1OC(C)O1. The molecular weight excluding hydrogens is 176 g/mol. The van der Waals surface area contributed by atoms with Crippen molar-refractivity contribution < 1.29 is 23.7 Å². The third-order valence-corrected chi connectivity index (χ3v) is 1.31. The third kappa shape index (κ3) is 3.43. The molecule has 13 heavy (non-hydrogen) atoms. The molecule has 1 rings (SSSR count). The fourth-order valence-corrected chi connectivity index (χ4v) is 0.790. The lowest BCUT2D eigenvalue weighted by atomic mass is 10.5. The van der Waals surface area contributed by atoms with E-state index in [1.807, 2.05) is 0 Å². The number of carbonyl (C=O) groups is 1. The zero-order valence-electron chi connectivity index (χ0n) is 7.56. The number of ether oxygens (including phenoxy) is 4. The van der Waals surface area contributed by atoms with Gasteiger partial charge in [0, 0.05) is 6.08 Å². The van der Waals surface area contributed by atoms with Gasteiger partial charge in [-0.15, -0.1) is 0 Å². The molecule has 0 aromatic rings. The Bertz CT molecular complexity index is 195. The van der Waals surface area contributed by atoms with E-state index < -0.39 is 12.4 Å². The summed E-state index contributed by atoms with van der Waals surface area (Å²) in [7, 11) is 0. The van der Waals surface area contributed by atoms with Crippen LogP contribution >= 0.6 is 0 Å². The number of hydrogen-bond acceptors (Lipinski definition) is 5. The Balaban J connectivity index is 2.08. The normalized spacial score (nSPS) is 26.9. The predicted octanol–water partition coefficient (Wildman–Crippen LogP) is 1.39. The second-order valence-corrected chi connectivity index (χ2v) is 2.34. The monoisotopic (exact) mass is 188 g/mol. The molecular formula is C8H12O5. The van der Waals surface area contributed by atoms with Crippen molar-refractivity contribution in [2.24, 2.45) is 0 Å². The lowest BCUT2D eigenvalue weighted by Gasteiger charge is -2.31. The van der Waals surface area contributed by atoms with Crippen molar-refractivity contribution in [1.29, 1.82) is 0 Å². The Kier molecular flexibility index (Phi) is 3.72. The van der Waals surface area contributed by atoms with Crippen LogP contribution in [0.15, 0.2) is 12.3 Å². The van der Waals surface area contributed by atoms with Crippen LogP contribution in [0, 0.1) is 0 Å². The Morgan fingerprint density at radius 3 is 2.77 bits per heavy atom. The summed E-state index contributed by atoms with van der Waals surface area (Å²) < 4.78 is 19.1. The second-order valence-electron chi connectivity index (χ2n) is 2.34. The van der Waals surface area contributed by atoms with Crippen molar-refractivity contribution in [3.8, 4) is 0 Å². The van der Waals surface area contributed by atoms with E-state index in [1.54, 1.807) is 13.8 Å². The first-order valence-corrected chi connectivity index (χ1v) is 4.03. The van der Waals surface area contributed by atoms with E-state index in [1.165, 1.54) is 12.3 Å². The molecule has 0 radical (unpaired) electrons. The maximum Gasteiger partial charge on any atom is 0.513 e. The maximum absolute atomic E-state index is 10.6. The summed E-state index contributed by atoms with van der Waals surface area (Å²) in [4.78, 5) is 10.6. The van der Waals surface area contributed by atoms with Gasteiger partial charge in [-0.25, -0.2) is 4.79 Å². The van der Waals surface area contributed by atoms with Crippen LogP contribution in [0.5, 0.6) is 0 Å². The minimum atomic E-state index is -0.730. The number of rotatable bonds is 3. The van der Waals surface area contributed by atoms with Crippen LogP contribution in [0.1, 0.15) is 13.8 Å². The third-order valence-electron chi connectivity index (χ3n) is 1.31. The van der Waals surface area contributed by atoms with Gasteiger partial charge >= 0.3 is 6.16 Å². The van der Waals surface area contributed by atoms with E-state index in [0.29, 0.717) is 6.61 Å². The van der Waals surface area contributed by atoms with Gasteiger partial charge in [-0.2, -0.15) is 0 Å². The Labute approximate surface area is 76.2 Å². The van der Waals surface area contributed by atoms with Crippen molar-refractivity contribution in [1.82, 2.24) is 0 Å². The standard InChI is InChI=1S/C8H12O5/c1-3-10-8(9)11-5-4-7-12-6(2)13-7/h4-7H,3H2,1-2H3/b5-4+. The highest BCUT2D eigenvalue weighted by Crippen LogP contribution is 2.16. The molecule has 1 fully saturated rings. The van der Waals surface area contributed by atoms with Gasteiger partial charge in [0.2, 0.25) is 0 Å². The first-order valence-electron chi connectivity index (χ1n) is 4.03. The molecule has 0 aromatic heterocycles. The van der Waals surface area contributed by atoms with Crippen molar-refractivity contribution in [2.75, 3.05) is 6.61 Å². The van der Waals surface area contributed by atoms with E-state index in [0.717, 1.165) is 0 Å². The molecule has 0 atom stereocenters. The van der Waals surface area contributed by atoms with Gasteiger partial charge in [0.05, 0.1) is 12.9 Å². The minimum Gasteiger partial charge on any atom is -0.434 e. The largest absolute Gasteiger partial charge is 0.513 e. The van der Waals surface area contributed by atoms with Crippen molar-refractivity contribution in [3.05, 3.63) is 12.3 Å².